The number of rotatable bonds is 1. The van der Waals surface area contributed by atoms with Gasteiger partial charge in [0.15, 0.2) is 0 Å². The molecular weight excluding hydrogens is 232 g/mol. The van der Waals surface area contributed by atoms with Crippen LogP contribution in [0.5, 0.6) is 0 Å². The Morgan fingerprint density at radius 1 is 1.58 bits per heavy atom. The molecule has 5 heteroatoms. The van der Waals surface area contributed by atoms with E-state index in [-0.39, 0.29) is 5.69 Å². The van der Waals surface area contributed by atoms with Crippen LogP contribution in [-0.4, -0.2) is 4.98 Å². The number of hydrogen-bond donors (Lipinski definition) is 1. The van der Waals surface area contributed by atoms with Crippen molar-refractivity contribution in [2.24, 2.45) is 0 Å². The van der Waals surface area contributed by atoms with E-state index in [1.165, 1.54) is 6.07 Å². The maximum absolute atomic E-state index is 12.1. The molecule has 1 N–H and O–H groups in total. The van der Waals surface area contributed by atoms with E-state index in [0.717, 1.165) is 0 Å². The standard InChI is InChI=1S/C7H6BrF2NO/c1-3-4(8)2-5(6(9)10)11-7(3)12/h2,6H,1H3,(H,11,12). The number of nitrogens with one attached hydrogen (secondary N) is 1. The Morgan fingerprint density at radius 2 is 2.17 bits per heavy atom. The average Bonchev–Trinajstić information content (AvgIpc) is 1.99. The van der Waals surface area contributed by atoms with Crippen LogP contribution in [0.2, 0.25) is 0 Å². The maximum Gasteiger partial charge on any atom is 0.278 e. The second-order valence-corrected chi connectivity index (χ2v) is 3.18. The van der Waals surface area contributed by atoms with Crippen LogP contribution in [0, 0.1) is 6.92 Å². The lowest BCUT2D eigenvalue weighted by molar-refractivity contribution is 0.145. The van der Waals surface area contributed by atoms with Gasteiger partial charge in [0.05, 0.1) is 5.69 Å². The molecule has 0 aliphatic rings. The minimum Gasteiger partial charge on any atom is -0.321 e. The molecule has 0 saturated carbocycles. The number of alkyl halides is 2. The Balaban J connectivity index is 3.31. The summed E-state index contributed by atoms with van der Waals surface area (Å²) in [5.41, 5.74) is -0.448. The van der Waals surface area contributed by atoms with Crippen LogP contribution in [0.1, 0.15) is 17.7 Å². The normalized spacial score (nSPS) is 10.8. The van der Waals surface area contributed by atoms with Gasteiger partial charge in [-0.2, -0.15) is 0 Å². The highest BCUT2D eigenvalue weighted by Crippen LogP contribution is 2.20. The van der Waals surface area contributed by atoms with E-state index in [1.807, 2.05) is 0 Å². The van der Waals surface area contributed by atoms with E-state index in [2.05, 4.69) is 20.9 Å². The van der Waals surface area contributed by atoms with Crippen molar-refractivity contribution in [3.05, 3.63) is 32.2 Å². The molecule has 1 heterocycles. The van der Waals surface area contributed by atoms with Gasteiger partial charge >= 0.3 is 0 Å². The number of H-pyrrole nitrogens is 1. The summed E-state index contributed by atoms with van der Waals surface area (Å²) in [6.07, 6.45) is -2.64. The summed E-state index contributed by atoms with van der Waals surface area (Å²) in [5.74, 6) is 0. The highest BCUT2D eigenvalue weighted by molar-refractivity contribution is 9.10. The number of hydrogen-bond acceptors (Lipinski definition) is 1. The largest absolute Gasteiger partial charge is 0.321 e. The molecule has 0 saturated heterocycles. The summed E-state index contributed by atoms with van der Waals surface area (Å²) in [6.45, 7) is 1.55. The second-order valence-electron chi connectivity index (χ2n) is 2.33. The molecule has 0 aliphatic heterocycles. The van der Waals surface area contributed by atoms with E-state index in [4.69, 9.17) is 0 Å². The SMILES string of the molecule is Cc1c(Br)cc(C(F)F)[nH]c1=O. The van der Waals surface area contributed by atoms with Crippen molar-refractivity contribution in [1.29, 1.82) is 0 Å². The van der Waals surface area contributed by atoms with E-state index in [1.54, 1.807) is 6.92 Å². The molecule has 0 spiro atoms. The third-order valence-electron chi connectivity index (χ3n) is 1.47. The molecule has 1 aromatic heterocycles. The predicted octanol–water partition coefficient (Wildman–Crippen LogP) is 2.38. The van der Waals surface area contributed by atoms with Crippen molar-refractivity contribution >= 4 is 15.9 Å². The zero-order valence-electron chi connectivity index (χ0n) is 6.20. The topological polar surface area (TPSA) is 32.9 Å². The first-order chi connectivity index (χ1) is 5.52. The Labute approximate surface area is 75.7 Å². The molecule has 12 heavy (non-hydrogen) atoms. The number of aromatic amines is 1. The summed E-state index contributed by atoms with van der Waals surface area (Å²) in [4.78, 5) is 13.0. The monoisotopic (exact) mass is 237 g/mol. The van der Waals surface area contributed by atoms with Crippen molar-refractivity contribution in [1.82, 2.24) is 4.98 Å². The fourth-order valence-electron chi connectivity index (χ4n) is 0.732. The van der Waals surface area contributed by atoms with Crippen LogP contribution < -0.4 is 5.56 Å². The molecule has 0 aromatic carbocycles. The zero-order valence-corrected chi connectivity index (χ0v) is 7.78. The molecule has 0 bridgehead atoms. The van der Waals surface area contributed by atoms with Gasteiger partial charge in [-0.3, -0.25) is 4.79 Å². The fraction of sp³-hybridized carbons (Fsp3) is 0.286. The van der Waals surface area contributed by atoms with Crippen molar-refractivity contribution in [2.45, 2.75) is 13.3 Å². The molecule has 0 unspecified atom stereocenters. The second kappa shape index (κ2) is 3.35. The Hall–Kier alpha value is -0.710. The van der Waals surface area contributed by atoms with Crippen LogP contribution in [0.4, 0.5) is 8.78 Å². The van der Waals surface area contributed by atoms with Gasteiger partial charge < -0.3 is 4.98 Å². The lowest BCUT2D eigenvalue weighted by Crippen LogP contribution is -2.12. The third kappa shape index (κ3) is 1.72. The zero-order chi connectivity index (χ0) is 9.30. The molecule has 2 nitrogen and oxygen atoms in total. The maximum atomic E-state index is 12.1. The van der Waals surface area contributed by atoms with Crippen LogP contribution in [0.3, 0.4) is 0 Å². The van der Waals surface area contributed by atoms with E-state index in [0.29, 0.717) is 10.0 Å². The Morgan fingerprint density at radius 3 is 2.58 bits per heavy atom. The number of halogens is 3. The molecule has 66 valence electrons. The first kappa shape index (κ1) is 9.38. The van der Waals surface area contributed by atoms with Crippen molar-refractivity contribution < 1.29 is 8.78 Å². The summed E-state index contributed by atoms with van der Waals surface area (Å²) in [7, 11) is 0. The summed E-state index contributed by atoms with van der Waals surface area (Å²) in [6, 6.07) is 1.21. The number of aromatic nitrogens is 1. The van der Waals surface area contributed by atoms with Gasteiger partial charge in [-0.15, -0.1) is 0 Å². The molecule has 0 fully saturated rings. The molecule has 1 rings (SSSR count). The molecule has 0 amide bonds. The third-order valence-corrected chi connectivity index (χ3v) is 2.30. The summed E-state index contributed by atoms with van der Waals surface area (Å²) < 4.78 is 24.5. The quantitative estimate of drug-likeness (QED) is 0.800. The average molecular weight is 238 g/mol. The van der Waals surface area contributed by atoms with Crippen LogP contribution in [0.25, 0.3) is 0 Å². The van der Waals surface area contributed by atoms with Crippen LogP contribution in [-0.2, 0) is 0 Å². The molecule has 0 atom stereocenters. The highest BCUT2D eigenvalue weighted by Gasteiger charge is 2.10. The lowest BCUT2D eigenvalue weighted by atomic mass is 10.3. The number of pyridine rings is 1. The summed E-state index contributed by atoms with van der Waals surface area (Å²) in [5, 5.41) is 0. The molecule has 1 aromatic rings. The minimum absolute atomic E-state index is 0.363. The van der Waals surface area contributed by atoms with Crippen molar-refractivity contribution in [3.63, 3.8) is 0 Å². The molecular formula is C7H6BrF2NO. The van der Waals surface area contributed by atoms with Crippen LogP contribution >= 0.6 is 15.9 Å². The lowest BCUT2D eigenvalue weighted by Gasteiger charge is -2.01. The van der Waals surface area contributed by atoms with E-state index < -0.39 is 12.0 Å². The first-order valence-electron chi connectivity index (χ1n) is 3.20. The highest BCUT2D eigenvalue weighted by atomic mass is 79.9. The van der Waals surface area contributed by atoms with E-state index in [9.17, 15) is 13.6 Å². The Bertz CT molecular complexity index is 348. The predicted molar refractivity (Wildman–Crippen MR) is 44.5 cm³/mol. The smallest absolute Gasteiger partial charge is 0.278 e. The Kier molecular flexibility index (Phi) is 2.62. The minimum atomic E-state index is -2.64. The van der Waals surface area contributed by atoms with Crippen molar-refractivity contribution in [2.75, 3.05) is 0 Å². The van der Waals surface area contributed by atoms with Gasteiger partial charge in [-0.05, 0) is 13.0 Å². The first-order valence-corrected chi connectivity index (χ1v) is 3.99. The summed E-state index contributed by atoms with van der Waals surface area (Å²) >= 11 is 3.01. The van der Waals surface area contributed by atoms with Gasteiger partial charge in [0.25, 0.3) is 12.0 Å². The molecule has 0 radical (unpaired) electrons. The van der Waals surface area contributed by atoms with Gasteiger partial charge in [0.2, 0.25) is 0 Å². The fourth-order valence-corrected chi connectivity index (χ4v) is 1.16. The van der Waals surface area contributed by atoms with Gasteiger partial charge in [-0.1, -0.05) is 15.9 Å². The van der Waals surface area contributed by atoms with Gasteiger partial charge in [0.1, 0.15) is 0 Å². The van der Waals surface area contributed by atoms with Gasteiger partial charge in [0, 0.05) is 10.0 Å². The van der Waals surface area contributed by atoms with Crippen molar-refractivity contribution in [3.8, 4) is 0 Å². The van der Waals surface area contributed by atoms with Crippen LogP contribution in [0.15, 0.2) is 15.3 Å². The van der Waals surface area contributed by atoms with Gasteiger partial charge in [-0.25, -0.2) is 8.78 Å². The van der Waals surface area contributed by atoms with E-state index >= 15 is 0 Å². The molecule has 0 aliphatic carbocycles.